The molecule has 0 radical (unpaired) electrons. The molecule has 154 valence electrons. The number of hydrogen-bond donors (Lipinski definition) is 0. The molecule has 2 fully saturated rings. The highest BCUT2D eigenvalue weighted by molar-refractivity contribution is 7.91. The van der Waals surface area contributed by atoms with Gasteiger partial charge >= 0.3 is 0 Å². The van der Waals surface area contributed by atoms with Crippen molar-refractivity contribution in [1.82, 2.24) is 4.90 Å². The molecule has 1 aliphatic carbocycles. The van der Waals surface area contributed by atoms with Crippen LogP contribution in [-0.4, -0.2) is 44.0 Å². The van der Waals surface area contributed by atoms with Crippen molar-refractivity contribution in [3.8, 4) is 5.75 Å². The quantitative estimate of drug-likeness (QED) is 0.617. The Kier molecular flexibility index (Phi) is 5.74. The van der Waals surface area contributed by atoms with Crippen molar-refractivity contribution in [2.75, 3.05) is 18.8 Å². The van der Waals surface area contributed by atoms with Crippen LogP contribution >= 0.6 is 0 Å². The Morgan fingerprint density at radius 2 is 1.86 bits per heavy atom. The summed E-state index contributed by atoms with van der Waals surface area (Å²) in [7, 11) is -3.40. The summed E-state index contributed by atoms with van der Waals surface area (Å²) in [5, 5.41) is 0. The summed E-state index contributed by atoms with van der Waals surface area (Å²) in [6.45, 7) is 3.94. The van der Waals surface area contributed by atoms with Gasteiger partial charge < -0.3 is 4.74 Å². The van der Waals surface area contributed by atoms with E-state index in [1.165, 1.54) is 18.6 Å². The summed E-state index contributed by atoms with van der Waals surface area (Å²) < 4.78 is 31.4. The Hall–Kier alpha value is -2.18. The number of carbonyl (C=O) groups is 1. The number of nitrogens with zero attached hydrogens (tertiary/aromatic N) is 1. The van der Waals surface area contributed by atoms with Gasteiger partial charge in [-0.2, -0.15) is 0 Å². The molecule has 0 unspecified atom stereocenters. The molecule has 1 aliphatic heterocycles. The normalized spacial score (nSPS) is 20.0. The minimum atomic E-state index is -3.40. The second-order valence-electron chi connectivity index (χ2n) is 8.22. The predicted molar refractivity (Wildman–Crippen MR) is 112 cm³/mol. The fraction of sp³-hybridized carbons (Fsp3) is 0.435. The number of likely N-dealkylation sites (tertiary alicyclic amines) is 1. The SMILES string of the molecule is CC(=O)c1cccc(S(=O)(=O)C[C@@H]2CCN(Cc3ccc(OC4CC4)cc3)C2)c1. The zero-order valence-corrected chi connectivity index (χ0v) is 17.5. The molecule has 0 spiro atoms. The summed E-state index contributed by atoms with van der Waals surface area (Å²) >= 11 is 0. The Bertz CT molecular complexity index is 980. The van der Waals surface area contributed by atoms with E-state index in [0.29, 0.717) is 11.7 Å². The fourth-order valence-electron chi connectivity index (χ4n) is 3.82. The lowest BCUT2D eigenvalue weighted by atomic mass is 10.1. The van der Waals surface area contributed by atoms with Crippen molar-refractivity contribution in [2.45, 2.75) is 43.7 Å². The molecule has 0 amide bonds. The zero-order valence-electron chi connectivity index (χ0n) is 16.7. The topological polar surface area (TPSA) is 63.7 Å². The van der Waals surface area contributed by atoms with Gasteiger partial charge in [-0.25, -0.2) is 8.42 Å². The van der Waals surface area contributed by atoms with Crippen LogP contribution < -0.4 is 4.74 Å². The third kappa shape index (κ3) is 5.25. The van der Waals surface area contributed by atoms with E-state index in [1.807, 2.05) is 12.1 Å². The van der Waals surface area contributed by atoms with Crippen molar-refractivity contribution in [3.05, 3.63) is 59.7 Å². The number of ether oxygens (including phenoxy) is 1. The Labute approximate surface area is 172 Å². The molecule has 2 aromatic rings. The molecule has 1 atom stereocenters. The molecule has 2 aromatic carbocycles. The van der Waals surface area contributed by atoms with Gasteiger partial charge in [0.1, 0.15) is 5.75 Å². The molecule has 4 rings (SSSR count). The molecular weight excluding hydrogens is 386 g/mol. The molecule has 5 nitrogen and oxygen atoms in total. The van der Waals surface area contributed by atoms with Crippen LogP contribution in [0.5, 0.6) is 5.75 Å². The van der Waals surface area contributed by atoms with Crippen molar-refractivity contribution in [3.63, 3.8) is 0 Å². The molecule has 1 saturated carbocycles. The van der Waals surface area contributed by atoms with Gasteiger partial charge in [-0.1, -0.05) is 24.3 Å². The van der Waals surface area contributed by atoms with E-state index >= 15 is 0 Å². The highest BCUT2D eigenvalue weighted by atomic mass is 32.2. The number of hydrogen-bond acceptors (Lipinski definition) is 5. The largest absolute Gasteiger partial charge is 0.490 e. The van der Waals surface area contributed by atoms with Gasteiger partial charge in [0.25, 0.3) is 0 Å². The molecule has 1 heterocycles. The average molecular weight is 414 g/mol. The van der Waals surface area contributed by atoms with E-state index in [1.54, 1.807) is 18.2 Å². The Morgan fingerprint density at radius 1 is 1.10 bits per heavy atom. The first-order valence-corrected chi connectivity index (χ1v) is 11.9. The number of sulfone groups is 1. The lowest BCUT2D eigenvalue weighted by molar-refractivity contribution is 0.101. The van der Waals surface area contributed by atoms with Crippen LogP contribution in [0.25, 0.3) is 0 Å². The maximum absolute atomic E-state index is 12.8. The predicted octanol–water partition coefficient (Wildman–Crippen LogP) is 3.73. The van der Waals surface area contributed by atoms with Gasteiger partial charge in [0.2, 0.25) is 0 Å². The van der Waals surface area contributed by atoms with Crippen molar-refractivity contribution in [1.29, 1.82) is 0 Å². The van der Waals surface area contributed by atoms with Crippen molar-refractivity contribution < 1.29 is 17.9 Å². The Balaban J connectivity index is 1.33. The van der Waals surface area contributed by atoms with E-state index in [-0.39, 0.29) is 22.3 Å². The van der Waals surface area contributed by atoms with E-state index < -0.39 is 9.84 Å². The van der Waals surface area contributed by atoms with E-state index in [0.717, 1.165) is 44.6 Å². The van der Waals surface area contributed by atoms with Crippen LogP contribution in [0.15, 0.2) is 53.4 Å². The summed E-state index contributed by atoms with van der Waals surface area (Å²) in [6, 6.07) is 14.6. The molecule has 0 bridgehead atoms. The van der Waals surface area contributed by atoms with Gasteiger partial charge in [-0.15, -0.1) is 0 Å². The highest BCUT2D eigenvalue weighted by Crippen LogP contribution is 2.28. The number of benzene rings is 2. The fourth-order valence-corrected chi connectivity index (χ4v) is 5.50. The van der Waals surface area contributed by atoms with Gasteiger partial charge in [0.05, 0.1) is 16.8 Å². The monoisotopic (exact) mass is 413 g/mol. The maximum atomic E-state index is 12.8. The minimum Gasteiger partial charge on any atom is -0.490 e. The van der Waals surface area contributed by atoms with Crippen LogP contribution in [0.3, 0.4) is 0 Å². The maximum Gasteiger partial charge on any atom is 0.178 e. The standard InChI is InChI=1S/C23H27NO4S/c1-17(25)20-3-2-4-23(13-20)29(26,27)16-19-11-12-24(15-19)14-18-5-7-21(8-6-18)28-22-9-10-22/h2-8,13,19,22H,9-12,14-16H2,1H3/t19-/m1/s1. The number of carbonyl (C=O) groups excluding carboxylic acids is 1. The lowest BCUT2D eigenvalue weighted by Gasteiger charge is -2.17. The molecule has 6 heteroatoms. The molecule has 1 saturated heterocycles. The van der Waals surface area contributed by atoms with Crippen molar-refractivity contribution >= 4 is 15.6 Å². The molecule has 29 heavy (non-hydrogen) atoms. The van der Waals surface area contributed by atoms with Crippen molar-refractivity contribution in [2.24, 2.45) is 5.92 Å². The van der Waals surface area contributed by atoms with Gasteiger partial charge in [0.15, 0.2) is 15.6 Å². The molecule has 0 aromatic heterocycles. The van der Waals surface area contributed by atoms with Crippen LogP contribution in [0.2, 0.25) is 0 Å². The van der Waals surface area contributed by atoms with E-state index in [9.17, 15) is 13.2 Å². The highest BCUT2D eigenvalue weighted by Gasteiger charge is 2.28. The number of Topliss-reactive ketones (excluding diaryl/α,β-unsaturated/α-hetero) is 1. The Morgan fingerprint density at radius 3 is 2.55 bits per heavy atom. The second-order valence-corrected chi connectivity index (χ2v) is 10.3. The summed E-state index contributed by atoms with van der Waals surface area (Å²) in [4.78, 5) is 14.1. The molecule has 0 N–H and O–H groups in total. The smallest absolute Gasteiger partial charge is 0.178 e. The first kappa shape index (κ1) is 20.1. The number of rotatable bonds is 8. The van der Waals surface area contributed by atoms with Crippen LogP contribution in [-0.2, 0) is 16.4 Å². The van der Waals surface area contributed by atoms with Gasteiger partial charge in [-0.3, -0.25) is 9.69 Å². The van der Waals surface area contributed by atoms with E-state index in [2.05, 4.69) is 17.0 Å². The lowest BCUT2D eigenvalue weighted by Crippen LogP contribution is -2.23. The first-order chi connectivity index (χ1) is 13.9. The molecule has 2 aliphatic rings. The summed E-state index contributed by atoms with van der Waals surface area (Å²) in [5.74, 6) is 1.04. The zero-order chi connectivity index (χ0) is 20.4. The first-order valence-electron chi connectivity index (χ1n) is 10.2. The molecular formula is C23H27NO4S. The van der Waals surface area contributed by atoms with Crippen LogP contribution in [0, 0.1) is 5.92 Å². The van der Waals surface area contributed by atoms with Gasteiger partial charge in [0, 0.05) is 18.7 Å². The van der Waals surface area contributed by atoms with E-state index in [4.69, 9.17) is 4.74 Å². The number of ketones is 1. The van der Waals surface area contributed by atoms with Crippen LogP contribution in [0.4, 0.5) is 0 Å². The summed E-state index contributed by atoms with van der Waals surface area (Å²) in [6.07, 6.45) is 3.57. The van der Waals surface area contributed by atoms with Gasteiger partial charge in [-0.05, 0) is 68.5 Å². The summed E-state index contributed by atoms with van der Waals surface area (Å²) in [5.41, 5.74) is 1.65. The average Bonchev–Trinajstić information content (AvgIpc) is 3.41. The minimum absolute atomic E-state index is 0.110. The van der Waals surface area contributed by atoms with Crippen LogP contribution in [0.1, 0.15) is 42.1 Å². The third-order valence-electron chi connectivity index (χ3n) is 5.58. The third-order valence-corrected chi connectivity index (χ3v) is 7.46. The second kappa shape index (κ2) is 8.28.